The number of halogens is 1. The molecule has 0 spiro atoms. The summed E-state index contributed by atoms with van der Waals surface area (Å²) in [5, 5.41) is 0. The molecule has 0 bridgehead atoms. The predicted molar refractivity (Wildman–Crippen MR) is 68.8 cm³/mol. The average molecular weight is 280 g/mol. The number of benzene rings is 1. The molecule has 2 N–H and O–H groups in total. The molecule has 0 aliphatic heterocycles. The van der Waals surface area contributed by atoms with Gasteiger partial charge in [0.25, 0.3) is 0 Å². The fourth-order valence-electron chi connectivity index (χ4n) is 1.62. The molecule has 0 saturated carbocycles. The van der Waals surface area contributed by atoms with Gasteiger partial charge in [-0.05, 0) is 31.2 Å². The quantitative estimate of drug-likeness (QED) is 0.938. The van der Waals surface area contributed by atoms with Gasteiger partial charge in [0.2, 0.25) is 0 Å². The molecule has 0 aliphatic rings. The van der Waals surface area contributed by atoms with Crippen LogP contribution in [-0.4, -0.2) is 16.1 Å². The van der Waals surface area contributed by atoms with Gasteiger partial charge in [-0.3, -0.25) is 0 Å². The molecular formula is C12H14BrN3. The third-order valence-corrected chi connectivity index (χ3v) is 3.37. The van der Waals surface area contributed by atoms with E-state index in [1.165, 1.54) is 5.56 Å². The minimum atomic E-state index is 0.615. The molecule has 0 aliphatic carbocycles. The zero-order chi connectivity index (χ0) is 11.5. The number of hydrogen-bond acceptors (Lipinski definition) is 2. The lowest BCUT2D eigenvalue weighted by Crippen LogP contribution is -2.08. The van der Waals surface area contributed by atoms with E-state index in [9.17, 15) is 0 Å². The Morgan fingerprint density at radius 2 is 2.25 bits per heavy atom. The Labute approximate surface area is 103 Å². The molecule has 0 radical (unpaired) electrons. The second-order valence-electron chi connectivity index (χ2n) is 3.69. The van der Waals surface area contributed by atoms with Crippen molar-refractivity contribution in [2.75, 3.05) is 6.54 Å². The van der Waals surface area contributed by atoms with Crippen LogP contribution in [0.4, 0.5) is 0 Å². The third kappa shape index (κ3) is 2.18. The summed E-state index contributed by atoms with van der Waals surface area (Å²) in [7, 11) is 0. The van der Waals surface area contributed by atoms with Gasteiger partial charge in [0, 0.05) is 29.0 Å². The van der Waals surface area contributed by atoms with Crippen molar-refractivity contribution in [3.8, 4) is 5.69 Å². The van der Waals surface area contributed by atoms with Crippen LogP contribution in [0.1, 0.15) is 11.4 Å². The summed E-state index contributed by atoms with van der Waals surface area (Å²) in [6, 6.07) is 6.27. The Morgan fingerprint density at radius 3 is 2.94 bits per heavy atom. The van der Waals surface area contributed by atoms with Gasteiger partial charge in [-0.1, -0.05) is 22.0 Å². The highest BCUT2D eigenvalue weighted by Crippen LogP contribution is 2.20. The van der Waals surface area contributed by atoms with Crippen LogP contribution in [-0.2, 0) is 6.42 Å². The van der Waals surface area contributed by atoms with E-state index in [1.54, 1.807) is 6.20 Å². The molecule has 0 unspecified atom stereocenters. The highest BCUT2D eigenvalue weighted by molar-refractivity contribution is 9.10. The normalized spacial score (nSPS) is 10.7. The maximum Gasteiger partial charge on any atom is 0.114 e. The summed E-state index contributed by atoms with van der Waals surface area (Å²) in [6.45, 7) is 2.69. The van der Waals surface area contributed by atoms with Crippen molar-refractivity contribution >= 4 is 15.9 Å². The lowest BCUT2D eigenvalue weighted by Gasteiger charge is -2.08. The van der Waals surface area contributed by atoms with Crippen LogP contribution in [0.3, 0.4) is 0 Å². The van der Waals surface area contributed by atoms with E-state index in [0.717, 1.165) is 22.4 Å². The van der Waals surface area contributed by atoms with Crippen molar-refractivity contribution in [3.05, 3.63) is 46.5 Å². The molecule has 84 valence electrons. The number of nitrogens with two attached hydrogens (primary N) is 1. The smallest absolute Gasteiger partial charge is 0.114 e. The summed E-state index contributed by atoms with van der Waals surface area (Å²) in [4.78, 5) is 4.30. The predicted octanol–water partition coefficient (Wildman–Crippen LogP) is 2.44. The summed E-state index contributed by atoms with van der Waals surface area (Å²) in [5.41, 5.74) is 7.89. The lowest BCUT2D eigenvalue weighted by atomic mass is 10.2. The molecule has 0 fully saturated rings. The minimum absolute atomic E-state index is 0.615. The highest BCUT2D eigenvalue weighted by atomic mass is 79.9. The highest BCUT2D eigenvalue weighted by Gasteiger charge is 2.05. The van der Waals surface area contributed by atoms with Crippen molar-refractivity contribution in [2.24, 2.45) is 5.73 Å². The Hall–Kier alpha value is -1.13. The van der Waals surface area contributed by atoms with Crippen LogP contribution in [0.5, 0.6) is 0 Å². The monoisotopic (exact) mass is 279 g/mol. The number of aryl methyl sites for hydroxylation is 1. The van der Waals surface area contributed by atoms with Crippen molar-refractivity contribution in [2.45, 2.75) is 13.3 Å². The Kier molecular flexibility index (Phi) is 3.41. The molecule has 4 heteroatoms. The summed E-state index contributed by atoms with van der Waals surface area (Å²) < 4.78 is 3.18. The Bertz CT molecular complexity index is 491. The molecule has 0 saturated heterocycles. The number of nitrogens with zero attached hydrogens (tertiary/aromatic N) is 2. The first-order chi connectivity index (χ1) is 7.72. The van der Waals surface area contributed by atoms with E-state index in [0.29, 0.717) is 6.54 Å². The number of aromatic nitrogens is 2. The van der Waals surface area contributed by atoms with Gasteiger partial charge >= 0.3 is 0 Å². The van der Waals surface area contributed by atoms with Gasteiger partial charge in [0.1, 0.15) is 5.82 Å². The van der Waals surface area contributed by atoms with Crippen LogP contribution >= 0.6 is 15.9 Å². The SMILES string of the molecule is Cc1ccc(-n2ccnc2CCN)cc1Br. The zero-order valence-electron chi connectivity index (χ0n) is 9.15. The molecule has 0 amide bonds. The summed E-state index contributed by atoms with van der Waals surface area (Å²) >= 11 is 3.54. The Balaban J connectivity index is 2.42. The van der Waals surface area contributed by atoms with Crippen LogP contribution < -0.4 is 5.73 Å². The molecular weight excluding hydrogens is 266 g/mol. The van der Waals surface area contributed by atoms with Crippen molar-refractivity contribution in [1.29, 1.82) is 0 Å². The molecule has 2 aromatic rings. The summed E-state index contributed by atoms with van der Waals surface area (Å²) in [5.74, 6) is 0.998. The van der Waals surface area contributed by atoms with Crippen LogP contribution in [0.25, 0.3) is 5.69 Å². The fourth-order valence-corrected chi connectivity index (χ4v) is 1.98. The topological polar surface area (TPSA) is 43.8 Å². The van der Waals surface area contributed by atoms with Gasteiger partial charge in [0.05, 0.1) is 0 Å². The first-order valence-electron chi connectivity index (χ1n) is 5.21. The largest absolute Gasteiger partial charge is 0.330 e. The van der Waals surface area contributed by atoms with Gasteiger partial charge < -0.3 is 10.3 Å². The average Bonchev–Trinajstić information content (AvgIpc) is 2.71. The van der Waals surface area contributed by atoms with Crippen LogP contribution in [0.15, 0.2) is 35.1 Å². The van der Waals surface area contributed by atoms with E-state index < -0.39 is 0 Å². The van der Waals surface area contributed by atoms with Crippen molar-refractivity contribution < 1.29 is 0 Å². The third-order valence-electron chi connectivity index (χ3n) is 2.52. The minimum Gasteiger partial charge on any atom is -0.330 e. The van der Waals surface area contributed by atoms with Gasteiger partial charge in [-0.2, -0.15) is 0 Å². The summed E-state index contributed by atoms with van der Waals surface area (Å²) in [6.07, 6.45) is 4.55. The van der Waals surface area contributed by atoms with E-state index in [2.05, 4.69) is 50.6 Å². The fraction of sp³-hybridized carbons (Fsp3) is 0.250. The van der Waals surface area contributed by atoms with E-state index >= 15 is 0 Å². The van der Waals surface area contributed by atoms with E-state index in [1.807, 2.05) is 6.20 Å². The maximum absolute atomic E-state index is 5.56. The van der Waals surface area contributed by atoms with Crippen molar-refractivity contribution in [3.63, 3.8) is 0 Å². The van der Waals surface area contributed by atoms with Crippen molar-refractivity contribution in [1.82, 2.24) is 9.55 Å². The molecule has 1 heterocycles. The standard InChI is InChI=1S/C12H14BrN3/c1-9-2-3-10(8-11(9)13)16-7-6-15-12(16)4-5-14/h2-3,6-8H,4-5,14H2,1H3. The van der Waals surface area contributed by atoms with Gasteiger partial charge in [-0.25, -0.2) is 4.98 Å². The molecule has 0 atom stereocenters. The molecule has 2 rings (SSSR count). The van der Waals surface area contributed by atoms with Gasteiger partial charge in [-0.15, -0.1) is 0 Å². The van der Waals surface area contributed by atoms with E-state index in [-0.39, 0.29) is 0 Å². The lowest BCUT2D eigenvalue weighted by molar-refractivity contribution is 0.837. The first kappa shape index (κ1) is 11.4. The second-order valence-corrected chi connectivity index (χ2v) is 4.54. The van der Waals surface area contributed by atoms with Gasteiger partial charge in [0.15, 0.2) is 0 Å². The molecule has 1 aromatic heterocycles. The first-order valence-corrected chi connectivity index (χ1v) is 6.00. The Morgan fingerprint density at radius 1 is 1.44 bits per heavy atom. The van der Waals surface area contributed by atoms with Crippen LogP contribution in [0.2, 0.25) is 0 Å². The molecule has 3 nitrogen and oxygen atoms in total. The van der Waals surface area contributed by atoms with E-state index in [4.69, 9.17) is 5.73 Å². The molecule has 16 heavy (non-hydrogen) atoms. The zero-order valence-corrected chi connectivity index (χ0v) is 10.7. The molecule has 1 aromatic carbocycles. The second kappa shape index (κ2) is 4.80. The number of imidazole rings is 1. The number of rotatable bonds is 3. The number of hydrogen-bond donors (Lipinski definition) is 1. The van der Waals surface area contributed by atoms with Crippen LogP contribution in [0, 0.1) is 6.92 Å². The maximum atomic E-state index is 5.56.